The Morgan fingerprint density at radius 3 is 2.53 bits per heavy atom. The first-order chi connectivity index (χ1) is 8.16. The molecular formula is C13H13NO3. The Hall–Kier alpha value is -2.23. The summed E-state index contributed by atoms with van der Waals surface area (Å²) >= 11 is 0. The molecule has 2 aromatic rings. The molecule has 17 heavy (non-hydrogen) atoms. The van der Waals surface area contributed by atoms with Crippen molar-refractivity contribution < 1.29 is 14.3 Å². The van der Waals surface area contributed by atoms with Gasteiger partial charge in [-0.25, -0.2) is 4.79 Å². The quantitative estimate of drug-likeness (QED) is 0.848. The number of hydrogen-bond acceptors (Lipinski definition) is 3. The highest BCUT2D eigenvalue weighted by Gasteiger charge is 2.11. The summed E-state index contributed by atoms with van der Waals surface area (Å²) in [5.41, 5.74) is 1.11. The molecule has 4 nitrogen and oxygen atoms in total. The van der Waals surface area contributed by atoms with Crippen LogP contribution in [-0.2, 0) is 0 Å². The SMILES string of the molecule is CC(Nc1ccc(C(=O)O)o1)c1ccccc1. The zero-order chi connectivity index (χ0) is 12.3. The van der Waals surface area contributed by atoms with E-state index < -0.39 is 5.97 Å². The van der Waals surface area contributed by atoms with E-state index in [0.29, 0.717) is 5.88 Å². The number of hydrogen-bond donors (Lipinski definition) is 2. The van der Waals surface area contributed by atoms with E-state index in [9.17, 15) is 4.79 Å². The molecule has 4 heteroatoms. The van der Waals surface area contributed by atoms with E-state index in [-0.39, 0.29) is 11.8 Å². The van der Waals surface area contributed by atoms with Crippen molar-refractivity contribution in [1.29, 1.82) is 0 Å². The maximum Gasteiger partial charge on any atom is 0.371 e. The molecule has 2 N–H and O–H groups in total. The number of carbonyl (C=O) groups is 1. The Kier molecular flexibility index (Phi) is 3.14. The predicted molar refractivity (Wildman–Crippen MR) is 64.1 cm³/mol. The second kappa shape index (κ2) is 4.74. The number of carboxylic acid groups (broad SMARTS) is 1. The zero-order valence-corrected chi connectivity index (χ0v) is 9.38. The molecule has 0 bridgehead atoms. The van der Waals surface area contributed by atoms with E-state index in [1.807, 2.05) is 37.3 Å². The van der Waals surface area contributed by atoms with Crippen molar-refractivity contribution >= 4 is 11.9 Å². The molecule has 0 saturated carbocycles. The summed E-state index contributed by atoms with van der Waals surface area (Å²) in [6, 6.07) is 13.0. The van der Waals surface area contributed by atoms with Crippen molar-refractivity contribution in [3.63, 3.8) is 0 Å². The van der Waals surface area contributed by atoms with Gasteiger partial charge in [0.05, 0.1) is 6.04 Å². The van der Waals surface area contributed by atoms with E-state index in [4.69, 9.17) is 9.52 Å². The number of carboxylic acids is 1. The Bertz CT molecular complexity index is 504. The van der Waals surface area contributed by atoms with Crippen molar-refractivity contribution in [2.75, 3.05) is 5.32 Å². The average molecular weight is 231 g/mol. The first-order valence-electron chi connectivity index (χ1n) is 5.31. The molecule has 0 radical (unpaired) electrons. The molecule has 0 saturated heterocycles. The number of aromatic carboxylic acids is 1. The monoisotopic (exact) mass is 231 g/mol. The molecule has 0 aliphatic carbocycles. The molecule has 0 spiro atoms. The van der Waals surface area contributed by atoms with E-state index in [1.165, 1.54) is 6.07 Å². The molecule has 88 valence electrons. The summed E-state index contributed by atoms with van der Waals surface area (Å²) in [5.74, 6) is -0.670. The first kappa shape index (κ1) is 11.3. The highest BCUT2D eigenvalue weighted by Crippen LogP contribution is 2.20. The van der Waals surface area contributed by atoms with Gasteiger partial charge in [0.1, 0.15) is 0 Å². The molecule has 2 rings (SSSR count). The number of rotatable bonds is 4. The summed E-state index contributed by atoms with van der Waals surface area (Å²) in [7, 11) is 0. The van der Waals surface area contributed by atoms with Crippen LogP contribution in [-0.4, -0.2) is 11.1 Å². The lowest BCUT2D eigenvalue weighted by molar-refractivity contribution is 0.0663. The molecule has 0 fully saturated rings. The fourth-order valence-electron chi connectivity index (χ4n) is 1.57. The minimum absolute atomic E-state index is 0.0593. The number of furan rings is 1. The van der Waals surface area contributed by atoms with Gasteiger partial charge in [0.2, 0.25) is 5.76 Å². The Balaban J connectivity index is 2.08. The largest absolute Gasteiger partial charge is 0.475 e. The normalized spacial score (nSPS) is 12.1. The van der Waals surface area contributed by atoms with Gasteiger partial charge in [-0.3, -0.25) is 0 Å². The topological polar surface area (TPSA) is 62.5 Å². The van der Waals surface area contributed by atoms with Crippen molar-refractivity contribution in [2.24, 2.45) is 0 Å². The summed E-state index contributed by atoms with van der Waals surface area (Å²) in [6.45, 7) is 1.98. The molecule has 1 aromatic carbocycles. The lowest BCUT2D eigenvalue weighted by Gasteiger charge is -2.12. The van der Waals surface area contributed by atoms with Gasteiger partial charge in [0, 0.05) is 6.07 Å². The summed E-state index contributed by atoms with van der Waals surface area (Å²) in [5, 5.41) is 11.8. The minimum atomic E-state index is -1.06. The van der Waals surface area contributed by atoms with Gasteiger partial charge in [0.25, 0.3) is 0 Å². The third-order valence-corrected chi connectivity index (χ3v) is 2.48. The van der Waals surface area contributed by atoms with Crippen LogP contribution in [0, 0.1) is 0 Å². The fourth-order valence-corrected chi connectivity index (χ4v) is 1.57. The molecule has 1 unspecified atom stereocenters. The van der Waals surface area contributed by atoms with Crippen LogP contribution >= 0.6 is 0 Å². The average Bonchev–Trinajstić information content (AvgIpc) is 2.79. The van der Waals surface area contributed by atoms with Gasteiger partial charge in [-0.05, 0) is 18.6 Å². The second-order valence-electron chi connectivity index (χ2n) is 3.75. The maximum atomic E-state index is 10.6. The minimum Gasteiger partial charge on any atom is -0.475 e. The van der Waals surface area contributed by atoms with Crippen molar-refractivity contribution in [3.05, 3.63) is 53.8 Å². The van der Waals surface area contributed by atoms with Crippen LogP contribution in [0.15, 0.2) is 46.9 Å². The molecule has 0 aliphatic rings. The lowest BCUT2D eigenvalue weighted by Crippen LogP contribution is -2.05. The molecule has 1 aromatic heterocycles. The van der Waals surface area contributed by atoms with Crippen LogP contribution in [0.5, 0.6) is 0 Å². The standard InChI is InChI=1S/C13H13NO3/c1-9(10-5-3-2-4-6-10)14-12-8-7-11(17-12)13(15)16/h2-9,14H,1H3,(H,15,16). The molecule has 0 amide bonds. The predicted octanol–water partition coefficient (Wildman–Crippen LogP) is 3.15. The number of benzene rings is 1. The first-order valence-corrected chi connectivity index (χ1v) is 5.31. The second-order valence-corrected chi connectivity index (χ2v) is 3.75. The van der Waals surface area contributed by atoms with E-state index in [1.54, 1.807) is 6.07 Å². The third-order valence-electron chi connectivity index (χ3n) is 2.48. The van der Waals surface area contributed by atoms with Gasteiger partial charge < -0.3 is 14.8 Å². The summed E-state index contributed by atoms with van der Waals surface area (Å²) in [4.78, 5) is 10.6. The van der Waals surface area contributed by atoms with Crippen LogP contribution in [0.2, 0.25) is 0 Å². The van der Waals surface area contributed by atoms with Crippen LogP contribution < -0.4 is 5.32 Å². The van der Waals surface area contributed by atoms with E-state index in [0.717, 1.165) is 5.56 Å². The van der Waals surface area contributed by atoms with Crippen LogP contribution in [0.3, 0.4) is 0 Å². The van der Waals surface area contributed by atoms with E-state index >= 15 is 0 Å². The Labute approximate surface area is 98.9 Å². The van der Waals surface area contributed by atoms with Crippen molar-refractivity contribution in [1.82, 2.24) is 0 Å². The van der Waals surface area contributed by atoms with E-state index in [2.05, 4.69) is 5.32 Å². The molecule has 1 atom stereocenters. The molecular weight excluding hydrogens is 218 g/mol. The van der Waals surface area contributed by atoms with Crippen LogP contribution in [0.4, 0.5) is 5.88 Å². The lowest BCUT2D eigenvalue weighted by atomic mass is 10.1. The van der Waals surface area contributed by atoms with Crippen molar-refractivity contribution in [3.8, 4) is 0 Å². The van der Waals surface area contributed by atoms with Gasteiger partial charge >= 0.3 is 5.97 Å². The highest BCUT2D eigenvalue weighted by molar-refractivity contribution is 5.84. The number of nitrogens with one attached hydrogen (secondary N) is 1. The summed E-state index contributed by atoms with van der Waals surface area (Å²) < 4.78 is 5.13. The van der Waals surface area contributed by atoms with Gasteiger partial charge in [0.15, 0.2) is 5.88 Å². The third kappa shape index (κ3) is 2.66. The summed E-state index contributed by atoms with van der Waals surface area (Å²) in [6.07, 6.45) is 0. The molecule has 1 heterocycles. The van der Waals surface area contributed by atoms with Crippen molar-refractivity contribution in [2.45, 2.75) is 13.0 Å². The van der Waals surface area contributed by atoms with Gasteiger partial charge in [-0.2, -0.15) is 0 Å². The fraction of sp³-hybridized carbons (Fsp3) is 0.154. The highest BCUT2D eigenvalue weighted by atomic mass is 16.4. The van der Waals surface area contributed by atoms with Crippen LogP contribution in [0.1, 0.15) is 29.1 Å². The smallest absolute Gasteiger partial charge is 0.371 e. The van der Waals surface area contributed by atoms with Crippen LogP contribution in [0.25, 0.3) is 0 Å². The number of anilines is 1. The maximum absolute atomic E-state index is 10.6. The zero-order valence-electron chi connectivity index (χ0n) is 9.38. The molecule has 0 aliphatic heterocycles. The van der Waals surface area contributed by atoms with Gasteiger partial charge in [-0.15, -0.1) is 0 Å². The Morgan fingerprint density at radius 2 is 1.94 bits per heavy atom. The Morgan fingerprint density at radius 1 is 1.24 bits per heavy atom. The van der Waals surface area contributed by atoms with Gasteiger partial charge in [-0.1, -0.05) is 30.3 Å².